The SMILES string of the molecule is CN(CCCN(C)C(C)(C)C)Cc1ccccc1. The lowest BCUT2D eigenvalue weighted by molar-refractivity contribution is 0.165. The Bertz CT molecular complexity index is 327. The van der Waals surface area contributed by atoms with Crippen LogP contribution in [0.15, 0.2) is 30.3 Å². The Balaban J connectivity index is 2.24. The van der Waals surface area contributed by atoms with E-state index < -0.39 is 0 Å². The van der Waals surface area contributed by atoms with Crippen LogP contribution < -0.4 is 0 Å². The molecule has 0 saturated carbocycles. The third kappa shape index (κ3) is 5.65. The van der Waals surface area contributed by atoms with Gasteiger partial charge in [-0.1, -0.05) is 30.3 Å². The van der Waals surface area contributed by atoms with E-state index in [2.05, 4.69) is 75.0 Å². The lowest BCUT2D eigenvalue weighted by Gasteiger charge is -2.32. The van der Waals surface area contributed by atoms with Gasteiger partial charge in [-0.3, -0.25) is 0 Å². The van der Waals surface area contributed by atoms with Gasteiger partial charge in [0.2, 0.25) is 0 Å². The van der Waals surface area contributed by atoms with E-state index in [0.29, 0.717) is 0 Å². The second-order valence-corrected chi connectivity index (χ2v) is 6.17. The first-order chi connectivity index (χ1) is 8.39. The van der Waals surface area contributed by atoms with Gasteiger partial charge in [-0.05, 0) is 59.9 Å². The maximum absolute atomic E-state index is 2.42. The third-order valence-electron chi connectivity index (χ3n) is 3.47. The summed E-state index contributed by atoms with van der Waals surface area (Å²) in [7, 11) is 4.40. The van der Waals surface area contributed by atoms with E-state index in [4.69, 9.17) is 0 Å². The summed E-state index contributed by atoms with van der Waals surface area (Å²) in [5, 5.41) is 0. The number of hydrogen-bond acceptors (Lipinski definition) is 2. The molecule has 1 aromatic rings. The molecule has 0 heterocycles. The largest absolute Gasteiger partial charge is 0.302 e. The van der Waals surface area contributed by atoms with Crippen molar-refractivity contribution in [3.8, 4) is 0 Å². The molecule has 0 saturated heterocycles. The van der Waals surface area contributed by atoms with Gasteiger partial charge in [0.05, 0.1) is 0 Å². The molecule has 0 unspecified atom stereocenters. The first-order valence-corrected chi connectivity index (χ1v) is 6.83. The highest BCUT2D eigenvalue weighted by molar-refractivity contribution is 5.14. The van der Waals surface area contributed by atoms with Crippen molar-refractivity contribution in [2.75, 3.05) is 27.2 Å². The van der Waals surface area contributed by atoms with Crippen molar-refractivity contribution in [1.82, 2.24) is 9.80 Å². The molecule has 1 aromatic carbocycles. The topological polar surface area (TPSA) is 6.48 Å². The Morgan fingerprint density at radius 1 is 0.944 bits per heavy atom. The molecule has 0 aliphatic carbocycles. The van der Waals surface area contributed by atoms with Gasteiger partial charge in [-0.2, -0.15) is 0 Å². The monoisotopic (exact) mass is 248 g/mol. The highest BCUT2D eigenvalue weighted by Gasteiger charge is 2.15. The summed E-state index contributed by atoms with van der Waals surface area (Å²) < 4.78 is 0. The number of rotatable bonds is 6. The van der Waals surface area contributed by atoms with Crippen molar-refractivity contribution < 1.29 is 0 Å². The molecule has 1 rings (SSSR count). The van der Waals surface area contributed by atoms with E-state index >= 15 is 0 Å². The summed E-state index contributed by atoms with van der Waals surface area (Å²) in [6, 6.07) is 10.7. The highest BCUT2D eigenvalue weighted by Crippen LogP contribution is 2.10. The average Bonchev–Trinajstić information content (AvgIpc) is 2.28. The summed E-state index contributed by atoms with van der Waals surface area (Å²) >= 11 is 0. The molecule has 0 spiro atoms. The number of nitrogens with zero attached hydrogens (tertiary/aromatic N) is 2. The van der Waals surface area contributed by atoms with E-state index in [1.807, 2.05) is 0 Å². The molecular formula is C16H28N2. The fourth-order valence-corrected chi connectivity index (χ4v) is 1.89. The summed E-state index contributed by atoms with van der Waals surface area (Å²) in [6.45, 7) is 10.1. The van der Waals surface area contributed by atoms with Crippen LogP contribution in [0.5, 0.6) is 0 Å². The summed E-state index contributed by atoms with van der Waals surface area (Å²) in [5.41, 5.74) is 1.67. The molecule has 2 nitrogen and oxygen atoms in total. The van der Waals surface area contributed by atoms with Gasteiger partial charge in [0.15, 0.2) is 0 Å². The molecule has 18 heavy (non-hydrogen) atoms. The second kappa shape index (κ2) is 6.91. The predicted octanol–water partition coefficient (Wildman–Crippen LogP) is 3.24. The van der Waals surface area contributed by atoms with Crippen LogP contribution in [0.4, 0.5) is 0 Å². The van der Waals surface area contributed by atoms with Gasteiger partial charge < -0.3 is 9.80 Å². The molecule has 0 aliphatic rings. The van der Waals surface area contributed by atoms with Crippen LogP contribution >= 0.6 is 0 Å². The van der Waals surface area contributed by atoms with Crippen LogP contribution in [-0.2, 0) is 6.54 Å². The summed E-state index contributed by atoms with van der Waals surface area (Å²) in [4.78, 5) is 4.81. The van der Waals surface area contributed by atoms with Crippen molar-refractivity contribution in [3.63, 3.8) is 0 Å². The Morgan fingerprint density at radius 3 is 2.11 bits per heavy atom. The van der Waals surface area contributed by atoms with E-state index in [9.17, 15) is 0 Å². The normalized spacial score (nSPS) is 12.4. The molecule has 0 bridgehead atoms. The lowest BCUT2D eigenvalue weighted by atomic mass is 10.1. The number of benzene rings is 1. The van der Waals surface area contributed by atoms with E-state index in [-0.39, 0.29) is 5.54 Å². The Morgan fingerprint density at radius 2 is 1.56 bits per heavy atom. The molecular weight excluding hydrogens is 220 g/mol. The second-order valence-electron chi connectivity index (χ2n) is 6.17. The van der Waals surface area contributed by atoms with Crippen LogP contribution in [0.1, 0.15) is 32.8 Å². The molecule has 2 heteroatoms. The van der Waals surface area contributed by atoms with Gasteiger partial charge in [-0.15, -0.1) is 0 Å². The zero-order valence-corrected chi connectivity index (χ0v) is 12.6. The van der Waals surface area contributed by atoms with Crippen molar-refractivity contribution in [2.45, 2.75) is 39.3 Å². The standard InChI is InChI=1S/C16H28N2/c1-16(2,3)18(5)13-9-12-17(4)14-15-10-7-6-8-11-15/h6-8,10-11H,9,12-14H2,1-5H3. The quantitative estimate of drug-likeness (QED) is 0.762. The Labute approximate surface area is 113 Å². The Kier molecular flexibility index (Phi) is 5.83. The van der Waals surface area contributed by atoms with Crippen molar-refractivity contribution in [1.29, 1.82) is 0 Å². The minimum absolute atomic E-state index is 0.276. The molecule has 0 radical (unpaired) electrons. The molecule has 0 atom stereocenters. The molecule has 102 valence electrons. The minimum atomic E-state index is 0.276. The molecule has 0 aliphatic heterocycles. The molecule has 0 fully saturated rings. The lowest BCUT2D eigenvalue weighted by Crippen LogP contribution is -2.39. The third-order valence-corrected chi connectivity index (χ3v) is 3.47. The van der Waals surface area contributed by atoms with Crippen LogP contribution in [0, 0.1) is 0 Å². The van der Waals surface area contributed by atoms with Gasteiger partial charge in [0.25, 0.3) is 0 Å². The van der Waals surface area contributed by atoms with Gasteiger partial charge >= 0.3 is 0 Å². The molecule has 0 amide bonds. The molecule has 0 N–H and O–H groups in total. The maximum Gasteiger partial charge on any atom is 0.0230 e. The predicted molar refractivity (Wildman–Crippen MR) is 79.8 cm³/mol. The fourth-order valence-electron chi connectivity index (χ4n) is 1.89. The van der Waals surface area contributed by atoms with E-state index in [0.717, 1.165) is 19.6 Å². The van der Waals surface area contributed by atoms with Gasteiger partial charge in [0.1, 0.15) is 0 Å². The Hall–Kier alpha value is -0.860. The highest BCUT2D eigenvalue weighted by atomic mass is 15.2. The zero-order valence-electron chi connectivity index (χ0n) is 12.6. The van der Waals surface area contributed by atoms with Crippen molar-refractivity contribution >= 4 is 0 Å². The average molecular weight is 248 g/mol. The van der Waals surface area contributed by atoms with Crippen LogP contribution in [0.3, 0.4) is 0 Å². The van der Waals surface area contributed by atoms with Crippen LogP contribution in [0.25, 0.3) is 0 Å². The molecule has 0 aromatic heterocycles. The van der Waals surface area contributed by atoms with E-state index in [1.165, 1.54) is 12.0 Å². The summed E-state index contributed by atoms with van der Waals surface area (Å²) in [6.07, 6.45) is 1.22. The summed E-state index contributed by atoms with van der Waals surface area (Å²) in [5.74, 6) is 0. The minimum Gasteiger partial charge on any atom is -0.302 e. The van der Waals surface area contributed by atoms with Crippen LogP contribution in [0.2, 0.25) is 0 Å². The van der Waals surface area contributed by atoms with Gasteiger partial charge in [-0.25, -0.2) is 0 Å². The number of hydrogen-bond donors (Lipinski definition) is 0. The van der Waals surface area contributed by atoms with Gasteiger partial charge in [0, 0.05) is 12.1 Å². The van der Waals surface area contributed by atoms with Crippen molar-refractivity contribution in [2.24, 2.45) is 0 Å². The zero-order chi connectivity index (χ0) is 13.6. The first kappa shape index (κ1) is 15.2. The van der Waals surface area contributed by atoms with Crippen molar-refractivity contribution in [3.05, 3.63) is 35.9 Å². The smallest absolute Gasteiger partial charge is 0.0230 e. The van der Waals surface area contributed by atoms with E-state index in [1.54, 1.807) is 0 Å². The first-order valence-electron chi connectivity index (χ1n) is 6.83. The maximum atomic E-state index is 2.42. The fraction of sp³-hybridized carbons (Fsp3) is 0.625. The van der Waals surface area contributed by atoms with Crippen LogP contribution in [-0.4, -0.2) is 42.5 Å².